The van der Waals surface area contributed by atoms with Crippen LogP contribution in [0.3, 0.4) is 0 Å². The van der Waals surface area contributed by atoms with Gasteiger partial charge in [0.1, 0.15) is 11.8 Å². The van der Waals surface area contributed by atoms with Crippen LogP contribution in [-0.4, -0.2) is 83.5 Å². The molecule has 1 unspecified atom stereocenters. The number of rotatable bonds is 13. The van der Waals surface area contributed by atoms with Crippen molar-refractivity contribution in [3.8, 4) is 5.75 Å². The first-order valence-electron chi connectivity index (χ1n) is 15.3. The molecule has 1 N–H and O–H groups in total. The zero-order valence-corrected chi connectivity index (χ0v) is 26.7. The summed E-state index contributed by atoms with van der Waals surface area (Å²) in [5.41, 5.74) is 2.60. The van der Waals surface area contributed by atoms with Crippen molar-refractivity contribution >= 4 is 52.1 Å². The minimum absolute atomic E-state index is 0.0116. The fourth-order valence-electron chi connectivity index (χ4n) is 5.66. The molecule has 232 valence electrons. The highest BCUT2D eigenvalue weighted by atomic mass is 35.5. The molecular formula is C34H40ClN5O3S. The number of anilines is 2. The molecule has 2 aliphatic rings. The van der Waals surface area contributed by atoms with Crippen LogP contribution >= 0.6 is 23.8 Å². The zero-order chi connectivity index (χ0) is 30.9. The molecule has 2 aliphatic heterocycles. The molecule has 2 fully saturated rings. The van der Waals surface area contributed by atoms with Crippen molar-refractivity contribution in [3.05, 3.63) is 89.4 Å². The lowest BCUT2D eigenvalue weighted by molar-refractivity contribution is -0.124. The van der Waals surface area contributed by atoms with Crippen LogP contribution in [0.5, 0.6) is 5.75 Å². The van der Waals surface area contributed by atoms with Crippen LogP contribution in [-0.2, 0) is 16.1 Å². The first-order valence-corrected chi connectivity index (χ1v) is 16.1. The number of halogens is 1. The smallest absolute Gasteiger partial charge is 0.256 e. The number of nitrogens with zero attached hydrogens (tertiary/aromatic N) is 4. The van der Waals surface area contributed by atoms with Gasteiger partial charge in [-0.25, -0.2) is 0 Å². The van der Waals surface area contributed by atoms with Crippen LogP contribution in [0.15, 0.2) is 78.9 Å². The first kappa shape index (κ1) is 31.9. The number of ether oxygens (including phenoxy) is 1. The fraction of sp³-hybridized carbons (Fsp3) is 0.382. The summed E-state index contributed by atoms with van der Waals surface area (Å²) in [5.74, 6) is 0.285. The molecule has 3 aromatic carbocycles. The quantitative estimate of drug-likeness (QED) is 0.243. The van der Waals surface area contributed by atoms with Crippen molar-refractivity contribution in [1.29, 1.82) is 0 Å². The van der Waals surface area contributed by atoms with Crippen molar-refractivity contribution in [2.24, 2.45) is 0 Å². The fourth-order valence-corrected chi connectivity index (χ4v) is 6.26. The molecule has 0 radical (unpaired) electrons. The van der Waals surface area contributed by atoms with Crippen molar-refractivity contribution in [2.45, 2.75) is 38.8 Å². The van der Waals surface area contributed by atoms with E-state index in [1.807, 2.05) is 23.1 Å². The maximum Gasteiger partial charge on any atom is 0.256 e. The van der Waals surface area contributed by atoms with Gasteiger partial charge in [0.15, 0.2) is 5.11 Å². The highest BCUT2D eigenvalue weighted by molar-refractivity contribution is 7.80. The van der Waals surface area contributed by atoms with E-state index in [1.165, 1.54) is 10.5 Å². The molecule has 2 heterocycles. The predicted molar refractivity (Wildman–Crippen MR) is 180 cm³/mol. The second-order valence-electron chi connectivity index (χ2n) is 11.2. The van der Waals surface area contributed by atoms with Gasteiger partial charge in [0.2, 0.25) is 5.91 Å². The van der Waals surface area contributed by atoms with Gasteiger partial charge in [0.25, 0.3) is 5.91 Å². The second kappa shape index (κ2) is 15.5. The summed E-state index contributed by atoms with van der Waals surface area (Å²) in [6.45, 7) is 9.17. The Balaban J connectivity index is 1.19. The Bertz CT molecular complexity index is 1420. The van der Waals surface area contributed by atoms with Crippen molar-refractivity contribution in [2.75, 3.05) is 56.1 Å². The lowest BCUT2D eigenvalue weighted by Crippen LogP contribution is -2.47. The van der Waals surface area contributed by atoms with Gasteiger partial charge in [-0.15, -0.1) is 0 Å². The van der Waals surface area contributed by atoms with E-state index in [0.29, 0.717) is 34.7 Å². The molecule has 10 heteroatoms. The summed E-state index contributed by atoms with van der Waals surface area (Å²) in [7, 11) is 0. The molecule has 2 saturated heterocycles. The average molecular weight is 634 g/mol. The van der Waals surface area contributed by atoms with Gasteiger partial charge < -0.3 is 19.9 Å². The third kappa shape index (κ3) is 8.35. The minimum atomic E-state index is -0.698. The first-order chi connectivity index (χ1) is 21.4. The standard InChI is InChI=1S/C34H40ClN5O3S/c1-2-22-43-30-14-12-28(13-15-30)36-32(41)24-31-33(42)40(29-11-6-10-27(35)23-29)34(44)39(31)17-7-16-37-18-20-38(21-19-37)25-26-8-4-3-5-9-26/h3-6,8-15,23,31H,2,7,16-22,24-25H2,1H3,(H,36,41). The van der Waals surface area contributed by atoms with Crippen molar-refractivity contribution in [1.82, 2.24) is 14.7 Å². The third-order valence-electron chi connectivity index (χ3n) is 7.96. The van der Waals surface area contributed by atoms with Crippen LogP contribution < -0.4 is 15.0 Å². The molecule has 0 aromatic heterocycles. The van der Waals surface area contributed by atoms with E-state index in [4.69, 9.17) is 28.6 Å². The molecule has 0 aliphatic carbocycles. The van der Waals surface area contributed by atoms with Gasteiger partial charge in [0.05, 0.1) is 18.7 Å². The second-order valence-corrected chi connectivity index (χ2v) is 12.0. The molecule has 0 spiro atoms. The minimum Gasteiger partial charge on any atom is -0.494 e. The Hall–Kier alpha value is -3.50. The number of piperazine rings is 1. The lowest BCUT2D eigenvalue weighted by atomic mass is 10.1. The summed E-state index contributed by atoms with van der Waals surface area (Å²) in [5, 5.41) is 3.85. The average Bonchev–Trinajstić information content (AvgIpc) is 3.26. The number of hydrogen-bond donors (Lipinski definition) is 1. The van der Waals surface area contributed by atoms with Gasteiger partial charge in [-0.2, -0.15) is 0 Å². The van der Waals surface area contributed by atoms with Gasteiger partial charge in [0, 0.05) is 50.0 Å². The van der Waals surface area contributed by atoms with Crippen molar-refractivity contribution in [3.63, 3.8) is 0 Å². The Morgan fingerprint density at radius 1 is 0.955 bits per heavy atom. The molecule has 1 atom stereocenters. The zero-order valence-electron chi connectivity index (χ0n) is 25.2. The van der Waals surface area contributed by atoms with E-state index < -0.39 is 6.04 Å². The lowest BCUT2D eigenvalue weighted by Gasteiger charge is -2.35. The van der Waals surface area contributed by atoms with E-state index in [9.17, 15) is 9.59 Å². The molecule has 5 rings (SSSR count). The van der Waals surface area contributed by atoms with E-state index >= 15 is 0 Å². The molecular weight excluding hydrogens is 594 g/mol. The molecule has 8 nitrogen and oxygen atoms in total. The number of thiocarbonyl (C=S) groups is 1. The number of carbonyl (C=O) groups is 2. The summed E-state index contributed by atoms with van der Waals surface area (Å²) >= 11 is 12.1. The molecule has 3 aromatic rings. The summed E-state index contributed by atoms with van der Waals surface area (Å²) in [4.78, 5) is 35.3. The normalized spacial score (nSPS) is 17.7. The maximum atomic E-state index is 13.8. The molecule has 0 saturated carbocycles. The number of nitrogens with one attached hydrogen (secondary N) is 1. The van der Waals surface area contributed by atoms with E-state index in [1.54, 1.807) is 30.3 Å². The monoisotopic (exact) mass is 633 g/mol. The van der Waals surface area contributed by atoms with Crippen LogP contribution in [0.1, 0.15) is 31.7 Å². The Kier molecular flexibility index (Phi) is 11.2. The topological polar surface area (TPSA) is 68.4 Å². The number of benzene rings is 3. The largest absolute Gasteiger partial charge is 0.494 e. The van der Waals surface area contributed by atoms with E-state index in [0.717, 1.165) is 57.9 Å². The molecule has 44 heavy (non-hydrogen) atoms. The highest BCUT2D eigenvalue weighted by Crippen LogP contribution is 2.29. The highest BCUT2D eigenvalue weighted by Gasteiger charge is 2.44. The Labute approximate surface area is 270 Å². The summed E-state index contributed by atoms with van der Waals surface area (Å²) < 4.78 is 5.64. The van der Waals surface area contributed by atoms with Crippen LogP contribution in [0.25, 0.3) is 0 Å². The van der Waals surface area contributed by atoms with Gasteiger partial charge in [-0.1, -0.05) is 54.9 Å². The van der Waals surface area contributed by atoms with Gasteiger partial charge in [-0.05, 0) is 79.6 Å². The summed E-state index contributed by atoms with van der Waals surface area (Å²) in [6, 6.07) is 24.2. The number of amides is 2. The van der Waals surface area contributed by atoms with E-state index in [2.05, 4.69) is 52.4 Å². The van der Waals surface area contributed by atoms with E-state index in [-0.39, 0.29) is 18.2 Å². The Morgan fingerprint density at radius 2 is 1.68 bits per heavy atom. The van der Waals surface area contributed by atoms with Crippen LogP contribution in [0.2, 0.25) is 5.02 Å². The third-order valence-corrected chi connectivity index (χ3v) is 8.61. The van der Waals surface area contributed by atoms with Gasteiger partial charge >= 0.3 is 0 Å². The summed E-state index contributed by atoms with van der Waals surface area (Å²) in [6.07, 6.45) is 1.74. The number of carbonyl (C=O) groups excluding carboxylic acids is 2. The maximum absolute atomic E-state index is 13.8. The van der Waals surface area contributed by atoms with Crippen LogP contribution in [0, 0.1) is 0 Å². The van der Waals surface area contributed by atoms with Crippen molar-refractivity contribution < 1.29 is 14.3 Å². The SMILES string of the molecule is CCCOc1ccc(NC(=O)CC2C(=O)N(c3cccc(Cl)c3)C(=S)N2CCCN2CCN(Cc3ccccc3)CC2)cc1. The Morgan fingerprint density at radius 3 is 2.39 bits per heavy atom. The van der Waals surface area contributed by atoms with Crippen LogP contribution in [0.4, 0.5) is 11.4 Å². The molecule has 0 bridgehead atoms. The molecule has 2 amide bonds. The predicted octanol–water partition coefficient (Wildman–Crippen LogP) is 5.67. The number of hydrogen-bond acceptors (Lipinski definition) is 6. The van der Waals surface area contributed by atoms with Gasteiger partial charge in [-0.3, -0.25) is 19.4 Å².